The fourth-order valence-electron chi connectivity index (χ4n) is 2.03. The third-order valence-corrected chi connectivity index (χ3v) is 3.34. The summed E-state index contributed by atoms with van der Waals surface area (Å²) in [5, 5.41) is 3.51. The molecule has 0 atom stereocenters. The molecule has 2 rings (SSSR count). The summed E-state index contributed by atoms with van der Waals surface area (Å²) in [6, 6.07) is 6.95. The quantitative estimate of drug-likeness (QED) is 0.922. The van der Waals surface area contributed by atoms with E-state index in [0.29, 0.717) is 23.6 Å². The van der Waals surface area contributed by atoms with E-state index >= 15 is 0 Å². The number of ketones is 1. The van der Waals surface area contributed by atoms with E-state index in [1.807, 2.05) is 0 Å². The van der Waals surface area contributed by atoms with E-state index in [2.05, 4.69) is 5.32 Å². The van der Waals surface area contributed by atoms with E-state index in [0.717, 1.165) is 12.8 Å². The van der Waals surface area contributed by atoms with E-state index in [4.69, 9.17) is 16.3 Å². The van der Waals surface area contributed by atoms with Crippen molar-refractivity contribution >= 4 is 23.3 Å². The zero-order valence-electron chi connectivity index (χ0n) is 10.5. The largest absolute Gasteiger partial charge is 0.484 e. The van der Waals surface area contributed by atoms with Crippen LogP contribution in [0.1, 0.15) is 25.7 Å². The van der Waals surface area contributed by atoms with E-state index in [1.54, 1.807) is 24.3 Å². The molecule has 19 heavy (non-hydrogen) atoms. The Hall–Kier alpha value is -1.55. The van der Waals surface area contributed by atoms with Gasteiger partial charge in [-0.2, -0.15) is 0 Å². The minimum atomic E-state index is -0.158. The summed E-state index contributed by atoms with van der Waals surface area (Å²) in [4.78, 5) is 22.8. The van der Waals surface area contributed by atoms with Gasteiger partial charge in [0.2, 0.25) is 0 Å². The molecule has 0 unspecified atom stereocenters. The van der Waals surface area contributed by atoms with Crippen LogP contribution in [-0.2, 0) is 9.59 Å². The van der Waals surface area contributed by atoms with Gasteiger partial charge in [-0.05, 0) is 37.1 Å². The summed E-state index contributed by atoms with van der Waals surface area (Å²) in [5.74, 6) is 0.732. The lowest BCUT2D eigenvalue weighted by Crippen LogP contribution is -2.40. The topological polar surface area (TPSA) is 55.4 Å². The Kier molecular flexibility index (Phi) is 4.80. The van der Waals surface area contributed by atoms with Crippen LogP contribution in [0, 0.1) is 0 Å². The minimum Gasteiger partial charge on any atom is -0.484 e. The summed E-state index contributed by atoms with van der Waals surface area (Å²) in [6.07, 6.45) is 2.57. The van der Waals surface area contributed by atoms with Gasteiger partial charge in [-0.25, -0.2) is 0 Å². The number of rotatable bonds is 4. The molecule has 0 radical (unpaired) electrons. The average Bonchev–Trinajstić information content (AvgIpc) is 2.41. The van der Waals surface area contributed by atoms with Crippen LogP contribution >= 0.6 is 11.6 Å². The maximum absolute atomic E-state index is 11.7. The predicted molar refractivity (Wildman–Crippen MR) is 72.4 cm³/mol. The van der Waals surface area contributed by atoms with E-state index in [9.17, 15) is 9.59 Å². The van der Waals surface area contributed by atoms with Gasteiger partial charge in [0, 0.05) is 23.9 Å². The standard InChI is InChI=1S/C14H16ClNO3/c15-10-1-7-13(8-2-10)19-9-14(18)16-11-3-5-12(17)6-4-11/h1-2,7-8,11H,3-6,9H2,(H,16,18). The second-order valence-corrected chi connectivity index (χ2v) is 5.06. The zero-order valence-corrected chi connectivity index (χ0v) is 11.3. The van der Waals surface area contributed by atoms with Gasteiger partial charge in [0.05, 0.1) is 0 Å². The van der Waals surface area contributed by atoms with Crippen LogP contribution in [0.5, 0.6) is 5.75 Å². The normalized spacial score (nSPS) is 16.2. The van der Waals surface area contributed by atoms with Gasteiger partial charge in [0.25, 0.3) is 5.91 Å². The van der Waals surface area contributed by atoms with Crippen molar-refractivity contribution in [3.63, 3.8) is 0 Å². The highest BCUT2D eigenvalue weighted by Gasteiger charge is 2.20. The summed E-state index contributed by atoms with van der Waals surface area (Å²) < 4.78 is 5.35. The van der Waals surface area contributed by atoms with Gasteiger partial charge in [0.15, 0.2) is 6.61 Å². The first-order chi connectivity index (χ1) is 9.13. The highest BCUT2D eigenvalue weighted by atomic mass is 35.5. The van der Waals surface area contributed by atoms with Gasteiger partial charge >= 0.3 is 0 Å². The maximum atomic E-state index is 11.7. The van der Waals surface area contributed by atoms with Crippen molar-refractivity contribution in [1.29, 1.82) is 0 Å². The molecule has 0 saturated heterocycles. The number of halogens is 1. The molecule has 0 bridgehead atoms. The Labute approximate surface area is 117 Å². The molecule has 1 aliphatic carbocycles. The molecule has 1 N–H and O–H groups in total. The smallest absolute Gasteiger partial charge is 0.258 e. The molecule has 102 valence electrons. The molecule has 1 aromatic rings. The van der Waals surface area contributed by atoms with Gasteiger partial charge < -0.3 is 10.1 Å². The number of amides is 1. The zero-order chi connectivity index (χ0) is 13.7. The summed E-state index contributed by atoms with van der Waals surface area (Å²) in [5.41, 5.74) is 0. The molecule has 0 aliphatic heterocycles. The number of hydrogen-bond acceptors (Lipinski definition) is 3. The van der Waals surface area contributed by atoms with Crippen molar-refractivity contribution in [3.8, 4) is 5.75 Å². The maximum Gasteiger partial charge on any atom is 0.258 e. The van der Waals surface area contributed by atoms with Crippen molar-refractivity contribution in [1.82, 2.24) is 5.32 Å². The van der Waals surface area contributed by atoms with Crippen LogP contribution < -0.4 is 10.1 Å². The second kappa shape index (κ2) is 6.57. The molecule has 1 fully saturated rings. The molecular formula is C14H16ClNO3. The van der Waals surface area contributed by atoms with Gasteiger partial charge in [-0.1, -0.05) is 11.6 Å². The molecule has 0 spiro atoms. The number of carbonyl (C=O) groups is 2. The predicted octanol–water partition coefficient (Wildman–Crippen LogP) is 2.35. The summed E-state index contributed by atoms with van der Waals surface area (Å²) in [7, 11) is 0. The van der Waals surface area contributed by atoms with Gasteiger partial charge in [-0.15, -0.1) is 0 Å². The SMILES string of the molecule is O=C1CCC(NC(=O)COc2ccc(Cl)cc2)CC1. The van der Waals surface area contributed by atoms with Gasteiger partial charge in [-0.3, -0.25) is 9.59 Å². The molecule has 1 aliphatic rings. The van der Waals surface area contributed by atoms with Crippen molar-refractivity contribution in [2.75, 3.05) is 6.61 Å². The van der Waals surface area contributed by atoms with Crippen molar-refractivity contribution in [3.05, 3.63) is 29.3 Å². The highest BCUT2D eigenvalue weighted by molar-refractivity contribution is 6.30. The van der Waals surface area contributed by atoms with Crippen LogP contribution in [-0.4, -0.2) is 24.3 Å². The average molecular weight is 282 g/mol. The van der Waals surface area contributed by atoms with Crippen molar-refractivity contribution in [2.45, 2.75) is 31.7 Å². The fourth-order valence-corrected chi connectivity index (χ4v) is 2.16. The monoisotopic (exact) mass is 281 g/mol. The summed E-state index contributed by atoms with van der Waals surface area (Å²) in [6.45, 7) is -0.0217. The Morgan fingerprint density at radius 1 is 1.26 bits per heavy atom. The highest BCUT2D eigenvalue weighted by Crippen LogP contribution is 2.16. The van der Waals surface area contributed by atoms with E-state index < -0.39 is 0 Å². The van der Waals surface area contributed by atoms with E-state index in [-0.39, 0.29) is 24.3 Å². The lowest BCUT2D eigenvalue weighted by molar-refractivity contribution is -0.126. The third-order valence-electron chi connectivity index (χ3n) is 3.09. The Morgan fingerprint density at radius 2 is 1.89 bits per heavy atom. The third kappa shape index (κ3) is 4.56. The molecule has 4 nitrogen and oxygen atoms in total. The number of benzene rings is 1. The number of carbonyl (C=O) groups excluding carboxylic acids is 2. The van der Waals surface area contributed by atoms with Crippen LogP contribution in [0.2, 0.25) is 5.02 Å². The van der Waals surface area contributed by atoms with Crippen LogP contribution in [0.3, 0.4) is 0 Å². The molecule has 1 aromatic carbocycles. The summed E-state index contributed by atoms with van der Waals surface area (Å²) >= 11 is 5.75. The van der Waals surface area contributed by atoms with Crippen LogP contribution in [0.25, 0.3) is 0 Å². The molecule has 0 heterocycles. The molecule has 5 heteroatoms. The molecule has 1 amide bonds. The number of ether oxygens (including phenoxy) is 1. The van der Waals surface area contributed by atoms with Gasteiger partial charge in [0.1, 0.15) is 11.5 Å². The molecule has 1 saturated carbocycles. The molecular weight excluding hydrogens is 266 g/mol. The Morgan fingerprint density at radius 3 is 2.53 bits per heavy atom. The number of nitrogens with one attached hydrogen (secondary N) is 1. The lowest BCUT2D eigenvalue weighted by Gasteiger charge is -2.22. The number of hydrogen-bond donors (Lipinski definition) is 1. The van der Waals surface area contributed by atoms with Crippen molar-refractivity contribution in [2.24, 2.45) is 0 Å². The minimum absolute atomic E-state index is 0.0217. The van der Waals surface area contributed by atoms with Crippen LogP contribution in [0.15, 0.2) is 24.3 Å². The Bertz CT molecular complexity index is 448. The van der Waals surface area contributed by atoms with Crippen LogP contribution in [0.4, 0.5) is 0 Å². The number of Topliss-reactive ketones (excluding diaryl/α,β-unsaturated/α-hetero) is 1. The fraction of sp³-hybridized carbons (Fsp3) is 0.429. The molecule has 0 aromatic heterocycles. The van der Waals surface area contributed by atoms with Crippen molar-refractivity contribution < 1.29 is 14.3 Å². The Balaban J connectivity index is 1.72. The lowest BCUT2D eigenvalue weighted by atomic mass is 9.94. The second-order valence-electron chi connectivity index (χ2n) is 4.62. The van der Waals surface area contributed by atoms with E-state index in [1.165, 1.54) is 0 Å². The first kappa shape index (κ1) is 13.9. The first-order valence-corrected chi connectivity index (χ1v) is 6.71. The first-order valence-electron chi connectivity index (χ1n) is 6.33.